The molecule has 3 rings (SSSR count). The van der Waals surface area contributed by atoms with Gasteiger partial charge in [-0.25, -0.2) is 4.98 Å². The number of fused-ring (bicyclic) bond motifs is 1. The molecule has 4 heteroatoms. The van der Waals surface area contributed by atoms with Crippen molar-refractivity contribution in [2.75, 3.05) is 13.1 Å². The fourth-order valence-corrected chi connectivity index (χ4v) is 2.87. The van der Waals surface area contributed by atoms with Gasteiger partial charge in [0.1, 0.15) is 5.65 Å². The molecule has 4 nitrogen and oxygen atoms in total. The van der Waals surface area contributed by atoms with E-state index in [1.807, 2.05) is 77.9 Å². The molecule has 23 heavy (non-hydrogen) atoms. The Morgan fingerprint density at radius 1 is 1.04 bits per heavy atom. The van der Waals surface area contributed by atoms with Crippen molar-refractivity contribution in [2.24, 2.45) is 0 Å². The van der Waals surface area contributed by atoms with Gasteiger partial charge in [-0.1, -0.05) is 36.4 Å². The molecule has 0 fully saturated rings. The van der Waals surface area contributed by atoms with Gasteiger partial charge in [0.25, 0.3) is 0 Å². The Bertz CT molecular complexity index is 804. The molecule has 0 aliphatic heterocycles. The van der Waals surface area contributed by atoms with Crippen LogP contribution in [0.3, 0.4) is 0 Å². The molecule has 0 spiro atoms. The molecule has 1 aromatic carbocycles. The molecule has 118 valence electrons. The van der Waals surface area contributed by atoms with Crippen LogP contribution in [0.4, 0.5) is 0 Å². The number of imidazole rings is 1. The normalized spacial score (nSPS) is 10.9. The first-order valence-electron chi connectivity index (χ1n) is 8.03. The zero-order valence-corrected chi connectivity index (χ0v) is 13.6. The van der Waals surface area contributed by atoms with Gasteiger partial charge in [0.05, 0.1) is 17.8 Å². The summed E-state index contributed by atoms with van der Waals surface area (Å²) in [5, 5.41) is 0. The van der Waals surface area contributed by atoms with Gasteiger partial charge >= 0.3 is 0 Å². The average Bonchev–Trinajstić information content (AvgIpc) is 2.95. The summed E-state index contributed by atoms with van der Waals surface area (Å²) in [5.41, 5.74) is 3.74. The third-order valence-electron chi connectivity index (χ3n) is 4.11. The Morgan fingerprint density at radius 3 is 2.43 bits per heavy atom. The van der Waals surface area contributed by atoms with Crippen LogP contribution in [0, 0.1) is 0 Å². The van der Waals surface area contributed by atoms with Crippen molar-refractivity contribution in [1.82, 2.24) is 14.3 Å². The van der Waals surface area contributed by atoms with Crippen LogP contribution in [0.15, 0.2) is 54.7 Å². The maximum absolute atomic E-state index is 12.6. The highest BCUT2D eigenvalue weighted by Crippen LogP contribution is 2.25. The average molecular weight is 307 g/mol. The zero-order valence-electron chi connectivity index (χ0n) is 13.6. The molecule has 0 radical (unpaired) electrons. The minimum Gasteiger partial charge on any atom is -0.343 e. The lowest BCUT2D eigenvalue weighted by Crippen LogP contribution is -2.32. The first-order chi connectivity index (χ1) is 11.2. The lowest BCUT2D eigenvalue weighted by atomic mass is 10.1. The number of nitrogens with zero attached hydrogens (tertiary/aromatic N) is 3. The minimum atomic E-state index is 0.137. The van der Waals surface area contributed by atoms with Crippen LogP contribution in [0.25, 0.3) is 16.9 Å². The summed E-state index contributed by atoms with van der Waals surface area (Å²) in [6.07, 6.45) is 2.33. The molecule has 0 atom stereocenters. The number of rotatable bonds is 5. The summed E-state index contributed by atoms with van der Waals surface area (Å²) >= 11 is 0. The van der Waals surface area contributed by atoms with Crippen LogP contribution in [0.2, 0.25) is 0 Å². The summed E-state index contributed by atoms with van der Waals surface area (Å²) in [6, 6.07) is 15.9. The molecule has 0 N–H and O–H groups in total. The predicted octanol–water partition coefficient (Wildman–Crippen LogP) is 3.41. The molecule has 0 aliphatic carbocycles. The van der Waals surface area contributed by atoms with E-state index in [4.69, 9.17) is 4.98 Å². The molecule has 3 aromatic rings. The van der Waals surface area contributed by atoms with Gasteiger partial charge in [0.2, 0.25) is 5.91 Å². The highest BCUT2D eigenvalue weighted by Gasteiger charge is 2.19. The summed E-state index contributed by atoms with van der Waals surface area (Å²) in [5.74, 6) is 0.137. The van der Waals surface area contributed by atoms with Crippen molar-refractivity contribution in [2.45, 2.75) is 20.3 Å². The molecular formula is C19H21N3O. The van der Waals surface area contributed by atoms with E-state index >= 15 is 0 Å². The fourth-order valence-electron chi connectivity index (χ4n) is 2.87. The quantitative estimate of drug-likeness (QED) is 0.724. The molecule has 2 heterocycles. The zero-order chi connectivity index (χ0) is 16.2. The number of carbonyl (C=O) groups excluding carboxylic acids is 1. The Kier molecular flexibility index (Phi) is 4.42. The highest BCUT2D eigenvalue weighted by atomic mass is 16.2. The first kappa shape index (κ1) is 15.3. The van der Waals surface area contributed by atoms with Crippen LogP contribution in [-0.4, -0.2) is 33.3 Å². The van der Waals surface area contributed by atoms with E-state index in [0.29, 0.717) is 6.42 Å². The standard InChI is InChI=1S/C19H21N3O/c1-3-21(4-2)18(23)14-16-19(15-10-6-5-7-11-15)20-17-12-8-9-13-22(16)17/h5-13H,3-4,14H2,1-2H3. The predicted molar refractivity (Wildman–Crippen MR) is 92.3 cm³/mol. The Labute approximate surface area is 136 Å². The Morgan fingerprint density at radius 2 is 1.74 bits per heavy atom. The Hall–Kier alpha value is -2.62. The van der Waals surface area contributed by atoms with E-state index in [0.717, 1.165) is 35.7 Å². The number of aromatic nitrogens is 2. The number of benzene rings is 1. The summed E-state index contributed by atoms with van der Waals surface area (Å²) in [4.78, 5) is 19.2. The van der Waals surface area contributed by atoms with Crippen molar-refractivity contribution < 1.29 is 4.79 Å². The topological polar surface area (TPSA) is 37.6 Å². The van der Waals surface area contributed by atoms with Gasteiger partial charge in [-0.05, 0) is 26.0 Å². The maximum atomic E-state index is 12.6. The van der Waals surface area contributed by atoms with Gasteiger partial charge in [-0.2, -0.15) is 0 Å². The largest absolute Gasteiger partial charge is 0.343 e. The highest BCUT2D eigenvalue weighted by molar-refractivity contribution is 5.81. The van der Waals surface area contributed by atoms with Gasteiger partial charge in [-0.3, -0.25) is 4.79 Å². The van der Waals surface area contributed by atoms with Crippen LogP contribution >= 0.6 is 0 Å². The molecule has 0 saturated heterocycles. The lowest BCUT2D eigenvalue weighted by molar-refractivity contribution is -0.130. The third kappa shape index (κ3) is 2.97. The SMILES string of the molecule is CCN(CC)C(=O)Cc1c(-c2ccccc2)nc2ccccn12. The molecule has 1 amide bonds. The van der Waals surface area contributed by atoms with Crippen molar-refractivity contribution in [3.05, 3.63) is 60.4 Å². The van der Waals surface area contributed by atoms with Crippen LogP contribution < -0.4 is 0 Å². The molecule has 0 saturated carbocycles. The van der Waals surface area contributed by atoms with E-state index < -0.39 is 0 Å². The number of likely N-dealkylation sites (N-methyl/N-ethyl adjacent to an activating group) is 1. The van der Waals surface area contributed by atoms with Crippen LogP contribution in [0.5, 0.6) is 0 Å². The van der Waals surface area contributed by atoms with E-state index in [1.54, 1.807) is 0 Å². The smallest absolute Gasteiger partial charge is 0.228 e. The Balaban J connectivity index is 2.08. The summed E-state index contributed by atoms with van der Waals surface area (Å²) < 4.78 is 2.02. The van der Waals surface area contributed by atoms with Gasteiger partial charge < -0.3 is 9.30 Å². The van der Waals surface area contributed by atoms with Gasteiger partial charge in [0, 0.05) is 24.8 Å². The number of hydrogen-bond acceptors (Lipinski definition) is 2. The van der Waals surface area contributed by atoms with Crippen molar-refractivity contribution >= 4 is 11.6 Å². The van der Waals surface area contributed by atoms with E-state index in [1.165, 1.54) is 0 Å². The third-order valence-corrected chi connectivity index (χ3v) is 4.11. The molecule has 2 aromatic heterocycles. The second-order valence-corrected chi connectivity index (χ2v) is 5.44. The second kappa shape index (κ2) is 6.65. The van der Waals surface area contributed by atoms with Gasteiger partial charge in [0.15, 0.2) is 0 Å². The van der Waals surface area contributed by atoms with Crippen molar-refractivity contribution in [3.8, 4) is 11.3 Å². The number of hydrogen-bond donors (Lipinski definition) is 0. The number of amides is 1. The monoisotopic (exact) mass is 307 g/mol. The maximum Gasteiger partial charge on any atom is 0.228 e. The molecule has 0 aliphatic rings. The second-order valence-electron chi connectivity index (χ2n) is 5.44. The van der Waals surface area contributed by atoms with Crippen molar-refractivity contribution in [1.29, 1.82) is 0 Å². The molecular weight excluding hydrogens is 286 g/mol. The van der Waals surface area contributed by atoms with Crippen LogP contribution in [-0.2, 0) is 11.2 Å². The fraction of sp³-hybridized carbons (Fsp3) is 0.263. The van der Waals surface area contributed by atoms with Crippen molar-refractivity contribution in [3.63, 3.8) is 0 Å². The number of pyridine rings is 1. The molecule has 0 bridgehead atoms. The van der Waals surface area contributed by atoms with Gasteiger partial charge in [-0.15, -0.1) is 0 Å². The van der Waals surface area contributed by atoms with E-state index in [2.05, 4.69) is 0 Å². The van der Waals surface area contributed by atoms with E-state index in [-0.39, 0.29) is 5.91 Å². The summed E-state index contributed by atoms with van der Waals surface area (Å²) in [6.45, 7) is 5.47. The van der Waals surface area contributed by atoms with E-state index in [9.17, 15) is 4.79 Å². The first-order valence-corrected chi connectivity index (χ1v) is 8.03. The summed E-state index contributed by atoms with van der Waals surface area (Å²) in [7, 11) is 0. The minimum absolute atomic E-state index is 0.137. The molecule has 0 unspecified atom stereocenters. The lowest BCUT2D eigenvalue weighted by Gasteiger charge is -2.18. The van der Waals surface area contributed by atoms with Crippen LogP contribution in [0.1, 0.15) is 19.5 Å². The number of carbonyl (C=O) groups is 1.